The smallest absolute Gasteiger partial charge is 0.317 e. The van der Waals surface area contributed by atoms with Gasteiger partial charge in [-0.1, -0.05) is 62.1 Å². The van der Waals surface area contributed by atoms with Crippen LogP contribution in [-0.2, 0) is 21.5 Å². The lowest BCUT2D eigenvalue weighted by atomic mass is 9.74. The van der Waals surface area contributed by atoms with Gasteiger partial charge in [0.1, 0.15) is 12.1 Å². The largest absolute Gasteiger partial charge is 1.00 e. The molecule has 3 aromatic rings. The molecule has 1 aromatic heterocycles. The van der Waals surface area contributed by atoms with E-state index in [1.54, 1.807) is 0 Å². The number of carbonyl (C=O) groups excluding carboxylic acids is 1. The van der Waals surface area contributed by atoms with Crippen LogP contribution >= 0.6 is 0 Å². The topological polar surface area (TPSA) is 52.3 Å². The van der Waals surface area contributed by atoms with E-state index in [1.165, 1.54) is 18.4 Å². The van der Waals surface area contributed by atoms with E-state index in [-0.39, 0.29) is 24.5 Å². The molecular formula is C30H37ClN2O3. The number of rotatable bonds is 5. The number of halogens is 1. The van der Waals surface area contributed by atoms with E-state index in [0.29, 0.717) is 5.92 Å². The molecule has 3 aliphatic heterocycles. The van der Waals surface area contributed by atoms with Gasteiger partial charge in [-0.15, -0.1) is 0 Å². The Morgan fingerprint density at radius 2 is 1.78 bits per heavy atom. The van der Waals surface area contributed by atoms with Crippen molar-refractivity contribution in [2.45, 2.75) is 76.4 Å². The summed E-state index contributed by atoms with van der Waals surface area (Å²) in [4.78, 5) is 18.8. The Morgan fingerprint density at radius 1 is 1.06 bits per heavy atom. The number of fused-ring (bicyclic) bond motifs is 4. The number of piperidine rings is 3. The average Bonchev–Trinajstić information content (AvgIpc) is 3.09. The van der Waals surface area contributed by atoms with E-state index in [9.17, 15) is 4.79 Å². The molecule has 0 unspecified atom stereocenters. The normalized spacial score (nSPS) is 27.2. The molecule has 4 fully saturated rings. The zero-order valence-electron chi connectivity index (χ0n) is 21.3. The fourth-order valence-corrected chi connectivity index (χ4v) is 6.96. The lowest BCUT2D eigenvalue weighted by Gasteiger charge is -2.51. The van der Waals surface area contributed by atoms with Crippen LogP contribution in [0, 0.1) is 12.8 Å². The first-order chi connectivity index (χ1) is 17.1. The Morgan fingerprint density at radius 3 is 2.50 bits per heavy atom. The summed E-state index contributed by atoms with van der Waals surface area (Å²) >= 11 is 0. The number of esters is 1. The van der Waals surface area contributed by atoms with Crippen LogP contribution in [0.25, 0.3) is 11.1 Å². The molecule has 6 heteroatoms. The first-order valence-electron chi connectivity index (χ1n) is 13.5. The van der Waals surface area contributed by atoms with Gasteiger partial charge in [0.25, 0.3) is 5.89 Å². The second-order valence-corrected chi connectivity index (χ2v) is 11.4. The molecule has 0 N–H and O–H groups in total. The van der Waals surface area contributed by atoms with Crippen molar-refractivity contribution < 1.29 is 30.8 Å². The molecule has 7 rings (SSSR count). The standard InChI is InChI=1S/C30H37N2O3.ClH/c1-22-11-12-25-26(19-22)34-28(31-25)21-32-17-13-23(14-18-32)27(20-32)35-29(33)30(15-7-2-3-8-16-30)24-9-5-4-6-10-24;/h4-6,9-12,19,23,27H,2-3,7-8,13-18,20-21H2,1H3;1H/q+1;/p-1/t23?,27-,32?;/m0./s1. The Hall–Kier alpha value is -2.37. The minimum absolute atomic E-state index is 0. The van der Waals surface area contributed by atoms with Crippen molar-refractivity contribution in [2.75, 3.05) is 19.6 Å². The van der Waals surface area contributed by atoms with Gasteiger partial charge in [0.15, 0.2) is 18.2 Å². The van der Waals surface area contributed by atoms with Crippen LogP contribution in [0.3, 0.4) is 0 Å². The SMILES string of the molecule is Cc1ccc2nc(C[N+]34CCC(CC3)[C@@H](OC(=O)C3(c5ccccc5)CCCCCC3)C4)oc2c1.[Cl-]. The quantitative estimate of drug-likeness (QED) is 0.302. The molecule has 36 heavy (non-hydrogen) atoms. The predicted molar refractivity (Wildman–Crippen MR) is 136 cm³/mol. The summed E-state index contributed by atoms with van der Waals surface area (Å²) in [6.07, 6.45) is 8.59. The average molecular weight is 509 g/mol. The van der Waals surface area contributed by atoms with Crippen molar-refractivity contribution in [1.29, 1.82) is 0 Å². The maximum Gasteiger partial charge on any atom is 0.317 e. The van der Waals surface area contributed by atoms with Gasteiger partial charge in [-0.05, 0) is 43.0 Å². The van der Waals surface area contributed by atoms with Gasteiger partial charge in [-0.2, -0.15) is 0 Å². The highest BCUT2D eigenvalue weighted by Crippen LogP contribution is 2.42. The van der Waals surface area contributed by atoms with E-state index < -0.39 is 5.41 Å². The molecule has 5 nitrogen and oxygen atoms in total. The highest BCUT2D eigenvalue weighted by atomic mass is 35.5. The van der Waals surface area contributed by atoms with Crippen LogP contribution in [0.1, 0.15) is 68.4 Å². The molecule has 0 amide bonds. The number of quaternary nitrogens is 1. The highest BCUT2D eigenvalue weighted by Gasteiger charge is 2.50. The van der Waals surface area contributed by atoms with Gasteiger partial charge >= 0.3 is 5.97 Å². The number of aromatic nitrogens is 1. The van der Waals surface area contributed by atoms with E-state index in [1.807, 2.05) is 12.1 Å². The number of benzene rings is 2. The summed E-state index contributed by atoms with van der Waals surface area (Å²) in [5.74, 6) is 1.30. The molecular weight excluding hydrogens is 472 g/mol. The van der Waals surface area contributed by atoms with E-state index in [0.717, 1.165) is 91.7 Å². The number of nitrogens with zero attached hydrogens (tertiary/aromatic N) is 2. The first-order valence-corrected chi connectivity index (χ1v) is 13.5. The Bertz CT molecular complexity index is 1190. The minimum atomic E-state index is -0.493. The van der Waals surface area contributed by atoms with Gasteiger partial charge in [0.05, 0.1) is 18.5 Å². The number of hydrogen-bond donors (Lipinski definition) is 0. The van der Waals surface area contributed by atoms with Crippen molar-refractivity contribution >= 4 is 17.1 Å². The zero-order chi connectivity index (χ0) is 23.9. The first kappa shape index (κ1) is 25.3. The summed E-state index contributed by atoms with van der Waals surface area (Å²) in [5.41, 5.74) is 3.62. The zero-order valence-corrected chi connectivity index (χ0v) is 22.0. The molecule has 2 aromatic carbocycles. The number of aryl methyl sites for hydroxylation is 1. The molecule has 1 aliphatic carbocycles. The lowest BCUT2D eigenvalue weighted by Crippen LogP contribution is -3.00. The summed E-state index contributed by atoms with van der Waals surface area (Å²) in [7, 11) is 0. The van der Waals surface area contributed by atoms with Crippen molar-refractivity contribution in [1.82, 2.24) is 4.98 Å². The molecule has 3 saturated heterocycles. The fraction of sp³-hybridized carbons (Fsp3) is 0.533. The third-order valence-electron chi connectivity index (χ3n) is 9.03. The van der Waals surface area contributed by atoms with Gasteiger partial charge in [-0.3, -0.25) is 4.79 Å². The number of ether oxygens (including phenoxy) is 1. The number of hydrogen-bond acceptors (Lipinski definition) is 4. The van der Waals surface area contributed by atoms with Gasteiger partial charge in [0.2, 0.25) is 0 Å². The van der Waals surface area contributed by atoms with Crippen LogP contribution < -0.4 is 12.4 Å². The third kappa shape index (κ3) is 4.68. The Kier molecular flexibility index (Phi) is 7.15. The van der Waals surface area contributed by atoms with Crippen LogP contribution in [-0.4, -0.2) is 41.2 Å². The van der Waals surface area contributed by atoms with Crippen LogP contribution in [0.5, 0.6) is 0 Å². The molecule has 192 valence electrons. The van der Waals surface area contributed by atoms with Crippen LogP contribution in [0.15, 0.2) is 52.9 Å². The number of oxazole rings is 1. The van der Waals surface area contributed by atoms with Crippen LogP contribution in [0.2, 0.25) is 0 Å². The molecule has 0 radical (unpaired) electrons. The highest BCUT2D eigenvalue weighted by molar-refractivity contribution is 5.83. The van der Waals surface area contributed by atoms with E-state index in [2.05, 4.69) is 43.3 Å². The van der Waals surface area contributed by atoms with Gasteiger partial charge in [0, 0.05) is 18.8 Å². The molecule has 2 bridgehead atoms. The predicted octanol–water partition coefficient (Wildman–Crippen LogP) is 3.08. The molecule has 0 spiro atoms. The Balaban J connectivity index is 0.00000267. The monoisotopic (exact) mass is 508 g/mol. The van der Waals surface area contributed by atoms with Crippen molar-refractivity contribution in [2.24, 2.45) is 5.92 Å². The lowest BCUT2D eigenvalue weighted by molar-refractivity contribution is -0.959. The molecule has 1 saturated carbocycles. The second kappa shape index (κ2) is 10.2. The second-order valence-electron chi connectivity index (χ2n) is 11.4. The number of carbonyl (C=O) groups is 1. The van der Waals surface area contributed by atoms with E-state index in [4.69, 9.17) is 14.1 Å². The maximum atomic E-state index is 14.0. The van der Waals surface area contributed by atoms with Gasteiger partial charge in [-0.25, -0.2) is 4.98 Å². The van der Waals surface area contributed by atoms with Gasteiger partial charge < -0.3 is 26.0 Å². The fourth-order valence-electron chi connectivity index (χ4n) is 6.96. The van der Waals surface area contributed by atoms with E-state index >= 15 is 0 Å². The summed E-state index contributed by atoms with van der Waals surface area (Å²) < 4.78 is 13.6. The Labute approximate surface area is 220 Å². The van der Waals surface area contributed by atoms with Crippen molar-refractivity contribution in [3.63, 3.8) is 0 Å². The minimum Gasteiger partial charge on any atom is -1.00 e. The summed E-state index contributed by atoms with van der Waals surface area (Å²) in [5, 5.41) is 0. The summed E-state index contributed by atoms with van der Waals surface area (Å²) in [6, 6.07) is 16.6. The van der Waals surface area contributed by atoms with Crippen LogP contribution in [0.4, 0.5) is 0 Å². The maximum absolute atomic E-state index is 14.0. The van der Waals surface area contributed by atoms with Crippen molar-refractivity contribution in [3.8, 4) is 0 Å². The molecule has 1 atom stereocenters. The third-order valence-corrected chi connectivity index (χ3v) is 9.03. The van der Waals surface area contributed by atoms with Crippen molar-refractivity contribution in [3.05, 3.63) is 65.5 Å². The molecule has 4 heterocycles. The summed E-state index contributed by atoms with van der Waals surface area (Å²) in [6.45, 7) is 5.95. The molecule has 4 aliphatic rings.